The second kappa shape index (κ2) is 4.18. The minimum atomic E-state index is 0.0925. The fourth-order valence-corrected chi connectivity index (χ4v) is 3.42. The van der Waals surface area contributed by atoms with Gasteiger partial charge in [-0.2, -0.15) is 0 Å². The van der Waals surface area contributed by atoms with Crippen molar-refractivity contribution in [2.45, 2.75) is 13.3 Å². The lowest BCUT2D eigenvalue weighted by Crippen LogP contribution is -2.25. The zero-order chi connectivity index (χ0) is 11.2. The summed E-state index contributed by atoms with van der Waals surface area (Å²) in [6, 6.07) is 1.98. The first-order valence-corrected chi connectivity index (χ1v) is 6.84. The van der Waals surface area contributed by atoms with Crippen LogP contribution in [0, 0.1) is 0 Å². The highest BCUT2D eigenvalue weighted by Gasteiger charge is 2.26. The number of hydrogen-bond donors (Lipinski definition) is 0. The fraction of sp³-hybridized carbons (Fsp3) is 0.300. The largest absolute Gasteiger partial charge is 0.312 e. The minimum Gasteiger partial charge on any atom is -0.312 e. The third kappa shape index (κ3) is 1.89. The molecule has 1 aromatic carbocycles. The van der Waals surface area contributed by atoms with Gasteiger partial charge < -0.3 is 4.90 Å². The SMILES string of the molecule is CC(=O)N1CCc2c1cc(Br)c(Br)c2Br. The van der Waals surface area contributed by atoms with E-state index in [1.165, 1.54) is 5.56 Å². The number of rotatable bonds is 0. The average Bonchev–Trinajstić information content (AvgIpc) is 2.58. The smallest absolute Gasteiger partial charge is 0.223 e. The van der Waals surface area contributed by atoms with Crippen molar-refractivity contribution in [1.82, 2.24) is 0 Å². The van der Waals surface area contributed by atoms with Gasteiger partial charge in [0.05, 0.1) is 0 Å². The molecule has 1 aromatic rings. The Balaban J connectivity index is 2.60. The summed E-state index contributed by atoms with van der Waals surface area (Å²) in [6.07, 6.45) is 0.904. The van der Waals surface area contributed by atoms with Crippen LogP contribution in [0.2, 0.25) is 0 Å². The van der Waals surface area contributed by atoms with Crippen molar-refractivity contribution >= 4 is 59.4 Å². The van der Waals surface area contributed by atoms with E-state index >= 15 is 0 Å². The maximum absolute atomic E-state index is 11.4. The van der Waals surface area contributed by atoms with Gasteiger partial charge in [0.25, 0.3) is 0 Å². The third-order valence-electron chi connectivity index (χ3n) is 2.50. The van der Waals surface area contributed by atoms with E-state index in [1.807, 2.05) is 6.07 Å². The molecule has 0 spiro atoms. The first-order chi connectivity index (χ1) is 7.02. The predicted octanol–water partition coefficient (Wildman–Crippen LogP) is 3.88. The maximum atomic E-state index is 11.4. The number of nitrogens with zero attached hydrogens (tertiary/aromatic N) is 1. The Kier molecular flexibility index (Phi) is 3.24. The Morgan fingerprint density at radius 1 is 1.33 bits per heavy atom. The van der Waals surface area contributed by atoms with Crippen molar-refractivity contribution in [2.75, 3.05) is 11.4 Å². The van der Waals surface area contributed by atoms with Gasteiger partial charge in [0.2, 0.25) is 5.91 Å². The van der Waals surface area contributed by atoms with Crippen LogP contribution < -0.4 is 4.90 Å². The highest BCUT2D eigenvalue weighted by atomic mass is 79.9. The Hall–Kier alpha value is 0.130. The lowest BCUT2D eigenvalue weighted by molar-refractivity contribution is -0.116. The summed E-state index contributed by atoms with van der Waals surface area (Å²) in [4.78, 5) is 13.2. The Labute approximate surface area is 113 Å². The van der Waals surface area contributed by atoms with Gasteiger partial charge in [-0.1, -0.05) is 0 Å². The quantitative estimate of drug-likeness (QED) is 0.608. The summed E-state index contributed by atoms with van der Waals surface area (Å²) in [6.45, 7) is 2.37. The summed E-state index contributed by atoms with van der Waals surface area (Å²) < 4.78 is 3.00. The topological polar surface area (TPSA) is 20.3 Å². The third-order valence-corrected chi connectivity index (χ3v) is 5.88. The fourth-order valence-electron chi connectivity index (χ4n) is 1.77. The number of hydrogen-bond acceptors (Lipinski definition) is 1. The van der Waals surface area contributed by atoms with Crippen molar-refractivity contribution in [1.29, 1.82) is 0 Å². The molecule has 0 aliphatic carbocycles. The van der Waals surface area contributed by atoms with Crippen molar-refractivity contribution in [2.24, 2.45) is 0 Å². The van der Waals surface area contributed by atoms with Crippen LogP contribution >= 0.6 is 47.8 Å². The molecule has 15 heavy (non-hydrogen) atoms. The number of carbonyl (C=O) groups excluding carboxylic acids is 1. The molecule has 0 saturated heterocycles. The van der Waals surface area contributed by atoms with Crippen LogP contribution in [0.4, 0.5) is 5.69 Å². The van der Waals surface area contributed by atoms with Gasteiger partial charge in [-0.3, -0.25) is 4.79 Å². The zero-order valence-corrected chi connectivity index (χ0v) is 12.7. The molecular formula is C10H8Br3NO. The molecule has 0 unspecified atom stereocenters. The number of carbonyl (C=O) groups is 1. The van der Waals surface area contributed by atoms with E-state index in [-0.39, 0.29) is 5.91 Å². The van der Waals surface area contributed by atoms with E-state index in [0.717, 1.165) is 32.1 Å². The lowest BCUT2D eigenvalue weighted by Gasteiger charge is -2.16. The first-order valence-electron chi connectivity index (χ1n) is 4.47. The van der Waals surface area contributed by atoms with Gasteiger partial charge in [-0.15, -0.1) is 0 Å². The van der Waals surface area contributed by atoms with Crippen molar-refractivity contribution in [3.05, 3.63) is 25.0 Å². The van der Waals surface area contributed by atoms with Gasteiger partial charge >= 0.3 is 0 Å². The monoisotopic (exact) mass is 395 g/mol. The molecule has 0 N–H and O–H groups in total. The van der Waals surface area contributed by atoms with E-state index in [4.69, 9.17) is 0 Å². The van der Waals surface area contributed by atoms with Crippen LogP contribution in [-0.4, -0.2) is 12.5 Å². The van der Waals surface area contributed by atoms with Crippen LogP contribution in [0.1, 0.15) is 12.5 Å². The summed E-state index contributed by atoms with van der Waals surface area (Å²) in [5.41, 5.74) is 2.20. The average molecular weight is 398 g/mol. The standard InChI is InChI=1S/C10H8Br3NO/c1-5(15)14-3-2-6-8(14)4-7(11)10(13)9(6)12/h4H,2-3H2,1H3. The Morgan fingerprint density at radius 3 is 2.60 bits per heavy atom. The molecular weight excluding hydrogens is 390 g/mol. The number of fused-ring (bicyclic) bond motifs is 1. The molecule has 1 aliphatic rings. The number of benzene rings is 1. The zero-order valence-electron chi connectivity index (χ0n) is 7.98. The summed E-state index contributed by atoms with van der Waals surface area (Å²) >= 11 is 10.5. The highest BCUT2D eigenvalue weighted by Crippen LogP contribution is 2.42. The van der Waals surface area contributed by atoms with E-state index in [2.05, 4.69) is 47.8 Å². The number of amides is 1. The number of anilines is 1. The normalized spacial score (nSPS) is 14.3. The van der Waals surface area contributed by atoms with Crippen LogP contribution in [0.5, 0.6) is 0 Å². The predicted molar refractivity (Wildman–Crippen MR) is 71.3 cm³/mol. The minimum absolute atomic E-state index is 0.0925. The Morgan fingerprint density at radius 2 is 2.00 bits per heavy atom. The van der Waals surface area contributed by atoms with Crippen molar-refractivity contribution in [3.63, 3.8) is 0 Å². The highest BCUT2D eigenvalue weighted by molar-refractivity contribution is 9.14. The van der Waals surface area contributed by atoms with Crippen molar-refractivity contribution in [3.8, 4) is 0 Å². The first kappa shape index (κ1) is 11.6. The summed E-state index contributed by atoms with van der Waals surface area (Å²) in [5.74, 6) is 0.0925. The van der Waals surface area contributed by atoms with E-state index < -0.39 is 0 Å². The van der Waals surface area contributed by atoms with Crippen molar-refractivity contribution < 1.29 is 4.79 Å². The molecule has 0 fully saturated rings. The van der Waals surface area contributed by atoms with Crippen LogP contribution in [-0.2, 0) is 11.2 Å². The second-order valence-corrected chi connectivity index (χ2v) is 5.85. The molecule has 1 aliphatic heterocycles. The molecule has 80 valence electrons. The van der Waals surface area contributed by atoms with Gasteiger partial charge in [0.15, 0.2) is 0 Å². The molecule has 0 saturated carbocycles. The molecule has 0 aromatic heterocycles. The Bertz CT molecular complexity index is 445. The van der Waals surface area contributed by atoms with E-state index in [1.54, 1.807) is 11.8 Å². The number of halogens is 3. The second-order valence-electron chi connectivity index (χ2n) is 3.40. The van der Waals surface area contributed by atoms with Gasteiger partial charge in [0.1, 0.15) is 0 Å². The molecule has 0 bridgehead atoms. The van der Waals surface area contributed by atoms with E-state index in [9.17, 15) is 4.79 Å². The van der Waals surface area contributed by atoms with E-state index in [0.29, 0.717) is 0 Å². The summed E-state index contributed by atoms with van der Waals surface area (Å²) in [7, 11) is 0. The molecule has 2 rings (SSSR count). The molecule has 5 heteroatoms. The van der Waals surface area contributed by atoms with Crippen LogP contribution in [0.3, 0.4) is 0 Å². The molecule has 1 amide bonds. The van der Waals surface area contributed by atoms with Gasteiger partial charge in [-0.05, 0) is 65.8 Å². The lowest BCUT2D eigenvalue weighted by atomic mass is 10.2. The van der Waals surface area contributed by atoms with Gasteiger partial charge in [-0.25, -0.2) is 0 Å². The molecule has 0 radical (unpaired) electrons. The molecule has 2 nitrogen and oxygen atoms in total. The van der Waals surface area contributed by atoms with Crippen LogP contribution in [0.15, 0.2) is 19.5 Å². The maximum Gasteiger partial charge on any atom is 0.223 e. The molecule has 0 atom stereocenters. The summed E-state index contributed by atoms with van der Waals surface area (Å²) in [5, 5.41) is 0. The molecule has 1 heterocycles. The van der Waals surface area contributed by atoms with Crippen LogP contribution in [0.25, 0.3) is 0 Å². The van der Waals surface area contributed by atoms with Gasteiger partial charge in [0, 0.05) is 32.6 Å².